The van der Waals surface area contributed by atoms with Gasteiger partial charge in [0.2, 0.25) is 0 Å². The largest absolute Gasteiger partial charge is 0.386 e. The number of amidine groups is 1. The van der Waals surface area contributed by atoms with Crippen molar-refractivity contribution in [1.29, 1.82) is 5.41 Å². The number of rotatable bonds is 2. The first kappa shape index (κ1) is 8.53. The lowest BCUT2D eigenvalue weighted by Crippen LogP contribution is -2.40. The summed E-state index contributed by atoms with van der Waals surface area (Å²) in [4.78, 5) is 2.27. The maximum atomic E-state index is 7.27. The minimum Gasteiger partial charge on any atom is -0.386 e. The minimum atomic E-state index is 0.139. The van der Waals surface area contributed by atoms with Gasteiger partial charge in [-0.2, -0.15) is 0 Å². The topological polar surface area (TPSA) is 53.1 Å². The minimum absolute atomic E-state index is 0.139. The molecule has 0 radical (unpaired) electrons. The van der Waals surface area contributed by atoms with E-state index in [0.717, 1.165) is 19.0 Å². The quantitative estimate of drug-likeness (QED) is 0.454. The first-order chi connectivity index (χ1) is 5.11. The number of nitrogens with zero attached hydrogens (tertiary/aromatic N) is 1. The highest BCUT2D eigenvalue weighted by atomic mass is 15.2. The molecule has 0 bridgehead atoms. The second kappa shape index (κ2) is 3.22. The van der Waals surface area contributed by atoms with Gasteiger partial charge in [-0.3, -0.25) is 10.3 Å². The average molecular weight is 155 g/mol. The fourth-order valence-corrected chi connectivity index (χ4v) is 1.52. The van der Waals surface area contributed by atoms with Crippen molar-refractivity contribution in [3.63, 3.8) is 0 Å². The van der Waals surface area contributed by atoms with Crippen LogP contribution in [-0.2, 0) is 0 Å². The van der Waals surface area contributed by atoms with Crippen molar-refractivity contribution >= 4 is 5.84 Å². The summed E-state index contributed by atoms with van der Waals surface area (Å²) < 4.78 is 0. The zero-order valence-electron chi connectivity index (χ0n) is 7.30. The fraction of sp³-hybridized carbons (Fsp3) is 0.875. The molecule has 64 valence electrons. The van der Waals surface area contributed by atoms with Crippen LogP contribution in [0.5, 0.6) is 0 Å². The highest BCUT2D eigenvalue weighted by molar-refractivity contribution is 5.82. The summed E-state index contributed by atoms with van der Waals surface area (Å²) in [6, 6.07) is 0.139. The third-order valence-electron chi connectivity index (χ3n) is 2.45. The van der Waals surface area contributed by atoms with Crippen molar-refractivity contribution in [1.82, 2.24) is 4.90 Å². The molecule has 0 saturated carbocycles. The van der Waals surface area contributed by atoms with Gasteiger partial charge < -0.3 is 5.73 Å². The number of hydrogen-bond donors (Lipinski definition) is 2. The summed E-state index contributed by atoms with van der Waals surface area (Å²) in [5.41, 5.74) is 5.40. The van der Waals surface area contributed by atoms with Crippen molar-refractivity contribution < 1.29 is 0 Å². The smallest absolute Gasteiger partial charge is 0.108 e. The molecule has 0 aliphatic carbocycles. The number of likely N-dealkylation sites (tertiary alicyclic amines) is 1. The second-order valence-electron chi connectivity index (χ2n) is 3.52. The Balaban J connectivity index is 2.43. The Morgan fingerprint density at radius 1 is 1.73 bits per heavy atom. The molecule has 11 heavy (non-hydrogen) atoms. The zero-order chi connectivity index (χ0) is 8.43. The lowest BCUT2D eigenvalue weighted by molar-refractivity contribution is 0.303. The van der Waals surface area contributed by atoms with E-state index < -0.39 is 0 Å². The molecule has 2 atom stereocenters. The fourth-order valence-electron chi connectivity index (χ4n) is 1.52. The van der Waals surface area contributed by atoms with Crippen LogP contribution in [0.3, 0.4) is 0 Å². The summed E-state index contributed by atoms with van der Waals surface area (Å²) in [6.07, 6.45) is 1.25. The molecular formula is C8H17N3. The molecule has 1 fully saturated rings. The number of nitrogens with two attached hydrogens (primary N) is 1. The van der Waals surface area contributed by atoms with Crippen molar-refractivity contribution in [2.45, 2.75) is 26.3 Å². The van der Waals surface area contributed by atoms with Crippen LogP contribution in [0.25, 0.3) is 0 Å². The van der Waals surface area contributed by atoms with Gasteiger partial charge in [-0.15, -0.1) is 0 Å². The Kier molecular flexibility index (Phi) is 2.49. The summed E-state index contributed by atoms with van der Waals surface area (Å²) in [5, 5.41) is 7.27. The standard InChI is InChI=1S/C8H17N3/c1-6-3-4-11(5-6)7(2)8(9)10/h6-7H,3-5H2,1-2H3,(H3,9,10). The van der Waals surface area contributed by atoms with Gasteiger partial charge in [0, 0.05) is 6.54 Å². The Labute approximate surface area is 68.1 Å². The molecule has 3 N–H and O–H groups in total. The van der Waals surface area contributed by atoms with Gasteiger partial charge in [0.25, 0.3) is 0 Å². The van der Waals surface area contributed by atoms with Gasteiger partial charge in [0.05, 0.1) is 6.04 Å². The van der Waals surface area contributed by atoms with Gasteiger partial charge in [-0.25, -0.2) is 0 Å². The SMILES string of the molecule is CC1CCN(C(C)C(=N)N)C1. The molecule has 0 amide bonds. The van der Waals surface area contributed by atoms with Crippen molar-refractivity contribution in [3.05, 3.63) is 0 Å². The Morgan fingerprint density at radius 3 is 2.73 bits per heavy atom. The molecule has 3 nitrogen and oxygen atoms in total. The summed E-state index contributed by atoms with van der Waals surface area (Å²) in [5.74, 6) is 1.07. The Morgan fingerprint density at radius 2 is 2.36 bits per heavy atom. The van der Waals surface area contributed by atoms with Crippen LogP contribution in [0.2, 0.25) is 0 Å². The van der Waals surface area contributed by atoms with Gasteiger partial charge in [-0.1, -0.05) is 6.92 Å². The predicted octanol–water partition coefficient (Wildman–Crippen LogP) is 0.653. The lowest BCUT2D eigenvalue weighted by atomic mass is 10.2. The molecule has 0 spiro atoms. The molecule has 0 aromatic heterocycles. The van der Waals surface area contributed by atoms with Crippen LogP contribution < -0.4 is 5.73 Å². The monoisotopic (exact) mass is 155 g/mol. The van der Waals surface area contributed by atoms with Gasteiger partial charge in [0.15, 0.2) is 0 Å². The van der Waals surface area contributed by atoms with E-state index in [1.165, 1.54) is 6.42 Å². The lowest BCUT2D eigenvalue weighted by Gasteiger charge is -2.22. The Bertz CT molecular complexity index is 155. The van der Waals surface area contributed by atoms with E-state index in [-0.39, 0.29) is 6.04 Å². The van der Waals surface area contributed by atoms with E-state index in [1.54, 1.807) is 0 Å². The van der Waals surface area contributed by atoms with Crippen LogP contribution in [0.1, 0.15) is 20.3 Å². The van der Waals surface area contributed by atoms with Crippen molar-refractivity contribution in [2.75, 3.05) is 13.1 Å². The van der Waals surface area contributed by atoms with Crippen LogP contribution in [0, 0.1) is 11.3 Å². The van der Waals surface area contributed by atoms with E-state index >= 15 is 0 Å². The molecule has 1 aliphatic rings. The molecule has 0 aromatic rings. The average Bonchev–Trinajstić information content (AvgIpc) is 2.34. The maximum absolute atomic E-state index is 7.27. The molecule has 1 heterocycles. The van der Waals surface area contributed by atoms with Crippen LogP contribution in [0.15, 0.2) is 0 Å². The van der Waals surface area contributed by atoms with E-state index in [4.69, 9.17) is 11.1 Å². The van der Waals surface area contributed by atoms with Crippen LogP contribution >= 0.6 is 0 Å². The predicted molar refractivity (Wildman–Crippen MR) is 46.7 cm³/mol. The maximum Gasteiger partial charge on any atom is 0.108 e. The first-order valence-corrected chi connectivity index (χ1v) is 4.19. The van der Waals surface area contributed by atoms with E-state index in [2.05, 4.69) is 11.8 Å². The Hall–Kier alpha value is -0.570. The molecular weight excluding hydrogens is 138 g/mol. The highest BCUT2D eigenvalue weighted by Gasteiger charge is 2.24. The molecule has 2 unspecified atom stereocenters. The molecule has 1 aliphatic heterocycles. The van der Waals surface area contributed by atoms with Crippen LogP contribution in [-0.4, -0.2) is 29.9 Å². The van der Waals surface area contributed by atoms with Crippen LogP contribution in [0.4, 0.5) is 0 Å². The van der Waals surface area contributed by atoms with E-state index in [9.17, 15) is 0 Å². The highest BCUT2D eigenvalue weighted by Crippen LogP contribution is 2.17. The molecule has 0 aromatic carbocycles. The first-order valence-electron chi connectivity index (χ1n) is 4.19. The number of nitrogens with one attached hydrogen (secondary N) is 1. The number of hydrogen-bond acceptors (Lipinski definition) is 2. The normalized spacial score (nSPS) is 28.7. The van der Waals surface area contributed by atoms with Gasteiger partial charge in [0.1, 0.15) is 5.84 Å². The van der Waals surface area contributed by atoms with E-state index in [0.29, 0.717) is 5.84 Å². The third-order valence-corrected chi connectivity index (χ3v) is 2.45. The molecule has 1 rings (SSSR count). The summed E-state index contributed by atoms with van der Waals surface area (Å²) in [7, 11) is 0. The molecule has 3 heteroatoms. The second-order valence-corrected chi connectivity index (χ2v) is 3.52. The van der Waals surface area contributed by atoms with Gasteiger partial charge in [-0.05, 0) is 25.8 Å². The molecule has 1 saturated heterocycles. The summed E-state index contributed by atoms with van der Waals surface area (Å²) in [6.45, 7) is 6.44. The summed E-state index contributed by atoms with van der Waals surface area (Å²) >= 11 is 0. The van der Waals surface area contributed by atoms with E-state index in [1.807, 2.05) is 6.92 Å². The third kappa shape index (κ3) is 1.93. The zero-order valence-corrected chi connectivity index (χ0v) is 7.30. The van der Waals surface area contributed by atoms with Crippen molar-refractivity contribution in [2.24, 2.45) is 11.7 Å². The van der Waals surface area contributed by atoms with Gasteiger partial charge >= 0.3 is 0 Å². The van der Waals surface area contributed by atoms with Crippen molar-refractivity contribution in [3.8, 4) is 0 Å².